The number of aromatic hydroxyl groups is 1. The molecule has 0 aliphatic heterocycles. The summed E-state index contributed by atoms with van der Waals surface area (Å²) in [6.07, 6.45) is 8.21. The number of nitrogens with zero attached hydrogens (tertiary/aromatic N) is 2. The normalized spacial score (nSPS) is 18.7. The third-order valence-corrected chi connectivity index (χ3v) is 5.60. The van der Waals surface area contributed by atoms with Crippen LogP contribution in [0.5, 0.6) is 5.75 Å². The molecule has 1 aliphatic carbocycles. The lowest BCUT2D eigenvalue weighted by Crippen LogP contribution is -2.41. The average Bonchev–Trinajstić information content (AvgIpc) is 2.73. The van der Waals surface area contributed by atoms with Crippen molar-refractivity contribution in [3.8, 4) is 5.75 Å². The molecule has 30 heavy (non-hydrogen) atoms. The van der Waals surface area contributed by atoms with Gasteiger partial charge in [-0.25, -0.2) is 9.97 Å². The molecule has 5 nitrogen and oxygen atoms in total. The second-order valence-electron chi connectivity index (χ2n) is 7.22. The number of rotatable bonds is 4. The van der Waals surface area contributed by atoms with E-state index in [0.29, 0.717) is 10.8 Å². The Bertz CT molecular complexity index is 1010. The second kappa shape index (κ2) is 10.9. The van der Waals surface area contributed by atoms with E-state index in [2.05, 4.69) is 10.4 Å². The van der Waals surface area contributed by atoms with Gasteiger partial charge in [-0.3, -0.25) is 11.3 Å². The summed E-state index contributed by atoms with van der Waals surface area (Å²) in [5.41, 5.74) is 5.75. The molecule has 0 radical (unpaired) electrons. The number of benzene rings is 2. The standard InChI is InChI=1S/C22H23ClN4O.2ClH/c23-15-8-5-14(6-9-15)7-12-21-25-19-11-10-16(28)13-18(19)22(26-21)17-3-1-2-4-20(17)27-24;;/h5-13,17,20,27-28H,1-4,24H2;2*1H/t17-,20+;;/m0../s1. The quantitative estimate of drug-likeness (QED) is 0.349. The molecule has 1 aliphatic rings. The van der Waals surface area contributed by atoms with Gasteiger partial charge in [-0.2, -0.15) is 0 Å². The summed E-state index contributed by atoms with van der Waals surface area (Å²) in [5, 5.41) is 11.6. The zero-order valence-electron chi connectivity index (χ0n) is 16.3. The molecule has 1 aromatic heterocycles. The van der Waals surface area contributed by atoms with Crippen LogP contribution in [0.3, 0.4) is 0 Å². The zero-order valence-corrected chi connectivity index (χ0v) is 18.7. The van der Waals surface area contributed by atoms with Crippen molar-refractivity contribution in [3.63, 3.8) is 0 Å². The summed E-state index contributed by atoms with van der Waals surface area (Å²) in [6, 6.07) is 13.0. The molecule has 160 valence electrons. The number of halogens is 3. The van der Waals surface area contributed by atoms with Crippen molar-refractivity contribution >= 4 is 59.5 Å². The van der Waals surface area contributed by atoms with Crippen molar-refractivity contribution in [2.45, 2.75) is 37.6 Å². The molecule has 1 heterocycles. The van der Waals surface area contributed by atoms with Gasteiger partial charge >= 0.3 is 0 Å². The molecule has 1 fully saturated rings. The van der Waals surface area contributed by atoms with Crippen LogP contribution in [0.4, 0.5) is 0 Å². The van der Waals surface area contributed by atoms with Gasteiger partial charge in [-0.1, -0.05) is 42.7 Å². The molecule has 4 N–H and O–H groups in total. The van der Waals surface area contributed by atoms with E-state index < -0.39 is 0 Å². The van der Waals surface area contributed by atoms with Gasteiger partial charge < -0.3 is 5.11 Å². The van der Waals surface area contributed by atoms with E-state index in [1.807, 2.05) is 42.5 Å². The van der Waals surface area contributed by atoms with Crippen molar-refractivity contribution in [1.82, 2.24) is 15.4 Å². The highest BCUT2D eigenvalue weighted by molar-refractivity contribution is 6.30. The number of aromatic nitrogens is 2. The molecule has 2 aromatic carbocycles. The molecule has 0 bridgehead atoms. The average molecular weight is 468 g/mol. The lowest BCUT2D eigenvalue weighted by molar-refractivity contribution is 0.328. The molecular weight excluding hydrogens is 443 g/mol. The third kappa shape index (κ3) is 5.42. The van der Waals surface area contributed by atoms with E-state index >= 15 is 0 Å². The zero-order chi connectivity index (χ0) is 19.5. The molecule has 8 heteroatoms. The van der Waals surface area contributed by atoms with Crippen LogP contribution < -0.4 is 11.3 Å². The van der Waals surface area contributed by atoms with Gasteiger partial charge in [0.25, 0.3) is 0 Å². The molecule has 0 spiro atoms. The Morgan fingerprint density at radius 1 is 1.00 bits per heavy atom. The molecule has 0 unspecified atom stereocenters. The van der Waals surface area contributed by atoms with Crippen molar-refractivity contribution in [3.05, 3.63) is 64.6 Å². The van der Waals surface area contributed by atoms with Crippen LogP contribution in [0.15, 0.2) is 42.5 Å². The number of fused-ring (bicyclic) bond motifs is 1. The van der Waals surface area contributed by atoms with Crippen molar-refractivity contribution < 1.29 is 5.11 Å². The van der Waals surface area contributed by atoms with Gasteiger partial charge in [0.05, 0.1) is 11.2 Å². The van der Waals surface area contributed by atoms with E-state index in [1.54, 1.807) is 12.1 Å². The van der Waals surface area contributed by atoms with E-state index in [4.69, 9.17) is 22.4 Å². The summed E-state index contributed by atoms with van der Waals surface area (Å²) >= 11 is 5.96. The van der Waals surface area contributed by atoms with Crippen molar-refractivity contribution in [1.29, 1.82) is 0 Å². The minimum absolute atomic E-state index is 0. The van der Waals surface area contributed by atoms with Crippen LogP contribution in [-0.2, 0) is 0 Å². The summed E-state index contributed by atoms with van der Waals surface area (Å²) in [5.74, 6) is 6.87. The molecular formula is C22H25Cl3N4O. The SMILES string of the molecule is Cl.Cl.NN[C@@H]1CCCC[C@@H]1c1nc(C=Cc2ccc(Cl)cc2)nc2ccc(O)cc12. The predicted molar refractivity (Wildman–Crippen MR) is 128 cm³/mol. The Morgan fingerprint density at radius 3 is 2.47 bits per heavy atom. The van der Waals surface area contributed by atoms with Crippen molar-refractivity contribution in [2.24, 2.45) is 5.84 Å². The summed E-state index contributed by atoms with van der Waals surface area (Å²) in [7, 11) is 0. The minimum Gasteiger partial charge on any atom is -0.508 e. The molecule has 0 saturated heterocycles. The van der Waals surface area contributed by atoms with Crippen LogP contribution in [0.2, 0.25) is 5.02 Å². The Balaban J connectivity index is 0.00000160. The third-order valence-electron chi connectivity index (χ3n) is 5.35. The van der Waals surface area contributed by atoms with Gasteiger partial charge in [0.1, 0.15) is 5.75 Å². The largest absolute Gasteiger partial charge is 0.508 e. The van der Waals surface area contributed by atoms with Crippen molar-refractivity contribution in [2.75, 3.05) is 0 Å². The molecule has 3 aromatic rings. The summed E-state index contributed by atoms with van der Waals surface area (Å²) in [4.78, 5) is 9.53. The number of hydrazine groups is 1. The van der Waals surface area contributed by atoms with Crippen LogP contribution in [-0.4, -0.2) is 21.1 Å². The van der Waals surface area contributed by atoms with Crippen LogP contribution in [0.1, 0.15) is 48.7 Å². The highest BCUT2D eigenvalue weighted by Crippen LogP contribution is 2.36. The van der Waals surface area contributed by atoms with Gasteiger partial charge in [0.2, 0.25) is 0 Å². The van der Waals surface area contributed by atoms with Gasteiger partial charge in [0, 0.05) is 22.4 Å². The second-order valence-corrected chi connectivity index (χ2v) is 7.65. The van der Waals surface area contributed by atoms with E-state index in [-0.39, 0.29) is 42.5 Å². The predicted octanol–water partition coefficient (Wildman–Crippen LogP) is 5.49. The fourth-order valence-corrected chi connectivity index (χ4v) is 4.04. The maximum absolute atomic E-state index is 10.00. The Hall–Kier alpha value is -1.89. The van der Waals surface area contributed by atoms with Crippen LogP contribution in [0, 0.1) is 0 Å². The maximum atomic E-state index is 10.00. The van der Waals surface area contributed by atoms with E-state index in [1.165, 1.54) is 0 Å². The lowest BCUT2D eigenvalue weighted by Gasteiger charge is -2.31. The van der Waals surface area contributed by atoms with Crippen LogP contribution >= 0.6 is 36.4 Å². The Labute approximate surface area is 193 Å². The lowest BCUT2D eigenvalue weighted by atomic mass is 9.81. The highest BCUT2D eigenvalue weighted by atomic mass is 35.5. The first kappa shape index (κ1) is 24.4. The summed E-state index contributed by atoms with van der Waals surface area (Å²) < 4.78 is 0. The fraction of sp³-hybridized carbons (Fsp3) is 0.273. The minimum atomic E-state index is 0. The summed E-state index contributed by atoms with van der Waals surface area (Å²) in [6.45, 7) is 0. The first-order valence-electron chi connectivity index (χ1n) is 9.54. The fourth-order valence-electron chi connectivity index (χ4n) is 3.92. The number of phenolic OH excluding ortho intramolecular Hbond substituents is 1. The number of hydrogen-bond acceptors (Lipinski definition) is 5. The number of nitrogens with two attached hydrogens (primary N) is 1. The highest BCUT2D eigenvalue weighted by Gasteiger charge is 2.28. The molecule has 2 atom stereocenters. The Morgan fingerprint density at radius 2 is 1.73 bits per heavy atom. The molecule has 0 amide bonds. The number of phenols is 1. The molecule has 1 saturated carbocycles. The van der Waals surface area contributed by atoms with Crippen LogP contribution in [0.25, 0.3) is 23.1 Å². The van der Waals surface area contributed by atoms with Gasteiger partial charge in [0.15, 0.2) is 5.82 Å². The smallest absolute Gasteiger partial charge is 0.152 e. The first-order valence-corrected chi connectivity index (χ1v) is 9.92. The number of hydrogen-bond donors (Lipinski definition) is 3. The molecule has 4 rings (SSSR count). The van der Waals surface area contributed by atoms with E-state index in [0.717, 1.165) is 47.8 Å². The van der Waals surface area contributed by atoms with Gasteiger partial charge in [-0.15, -0.1) is 24.8 Å². The first-order chi connectivity index (χ1) is 13.6. The topological polar surface area (TPSA) is 84.1 Å². The monoisotopic (exact) mass is 466 g/mol. The maximum Gasteiger partial charge on any atom is 0.152 e. The number of nitrogens with one attached hydrogen (secondary N) is 1. The Kier molecular flexibility index (Phi) is 8.89. The van der Waals surface area contributed by atoms with E-state index in [9.17, 15) is 5.11 Å². The van der Waals surface area contributed by atoms with Gasteiger partial charge in [-0.05, 0) is 54.8 Å².